The Hall–Kier alpha value is -2.72. The number of rotatable bonds is 8. The summed E-state index contributed by atoms with van der Waals surface area (Å²) in [6, 6.07) is 1.07. The summed E-state index contributed by atoms with van der Waals surface area (Å²) in [7, 11) is -3.86. The van der Waals surface area contributed by atoms with Crippen LogP contribution >= 0.6 is 0 Å². The predicted molar refractivity (Wildman–Crippen MR) is 94.2 cm³/mol. The maximum atomic E-state index is 13.6. The summed E-state index contributed by atoms with van der Waals surface area (Å²) >= 11 is 0. The SMILES string of the molecule is CS(=O)(=O)C[C@H](N[C@@H](c1ccc([N+](=O)[O-])cc1)C(F)(F)F)C(=O)NC1(C#N)CC1. The number of carbonyl (C=O) groups excluding carboxylic acids is 1. The van der Waals surface area contributed by atoms with E-state index < -0.39 is 61.5 Å². The third kappa shape index (κ3) is 6.13. The molecule has 13 heteroatoms. The van der Waals surface area contributed by atoms with Gasteiger partial charge in [-0.15, -0.1) is 0 Å². The first-order valence-electron chi connectivity index (χ1n) is 8.24. The molecule has 158 valence electrons. The van der Waals surface area contributed by atoms with E-state index in [1.54, 1.807) is 0 Å². The molecule has 29 heavy (non-hydrogen) atoms. The van der Waals surface area contributed by atoms with Crippen molar-refractivity contribution in [3.8, 4) is 6.07 Å². The molecule has 0 heterocycles. The summed E-state index contributed by atoms with van der Waals surface area (Å²) in [5, 5.41) is 24.0. The van der Waals surface area contributed by atoms with E-state index in [0.29, 0.717) is 12.8 Å². The number of nitriles is 1. The maximum Gasteiger partial charge on any atom is 0.407 e. The molecule has 1 fully saturated rings. The molecule has 0 saturated heterocycles. The molecular weight excluding hydrogens is 417 g/mol. The van der Waals surface area contributed by atoms with Gasteiger partial charge in [0.2, 0.25) is 5.91 Å². The lowest BCUT2D eigenvalue weighted by molar-refractivity contribution is -0.384. The molecule has 0 unspecified atom stereocenters. The molecule has 1 aromatic rings. The van der Waals surface area contributed by atoms with Gasteiger partial charge in [0.25, 0.3) is 5.69 Å². The van der Waals surface area contributed by atoms with Crippen LogP contribution in [0.5, 0.6) is 0 Å². The Balaban J connectivity index is 2.33. The number of alkyl halides is 3. The number of nitro benzene ring substituents is 1. The quantitative estimate of drug-likeness (QED) is 0.465. The van der Waals surface area contributed by atoms with Gasteiger partial charge in [-0.2, -0.15) is 18.4 Å². The molecule has 2 N–H and O–H groups in total. The third-order valence-electron chi connectivity index (χ3n) is 4.24. The average molecular weight is 434 g/mol. The summed E-state index contributed by atoms with van der Waals surface area (Å²) in [4.78, 5) is 22.3. The zero-order valence-electron chi connectivity index (χ0n) is 15.1. The van der Waals surface area contributed by atoms with Gasteiger partial charge in [-0.25, -0.2) is 8.42 Å². The number of sulfone groups is 1. The predicted octanol–water partition coefficient (Wildman–Crippen LogP) is 1.37. The number of hydrogen-bond donors (Lipinski definition) is 2. The molecular formula is C16H17F3N4O5S. The maximum absolute atomic E-state index is 13.6. The van der Waals surface area contributed by atoms with E-state index in [4.69, 9.17) is 5.26 Å². The molecule has 9 nitrogen and oxygen atoms in total. The van der Waals surface area contributed by atoms with Gasteiger partial charge in [0.1, 0.15) is 27.5 Å². The molecule has 2 atom stereocenters. The molecule has 0 spiro atoms. The van der Waals surface area contributed by atoms with Crippen molar-refractivity contribution in [3.05, 3.63) is 39.9 Å². The van der Waals surface area contributed by atoms with E-state index in [0.717, 1.165) is 30.5 Å². The first-order chi connectivity index (χ1) is 13.3. The highest BCUT2D eigenvalue weighted by molar-refractivity contribution is 7.90. The normalized spacial score (nSPS) is 17.6. The molecule has 2 rings (SSSR count). The van der Waals surface area contributed by atoms with E-state index in [1.165, 1.54) is 0 Å². The second-order valence-electron chi connectivity index (χ2n) is 6.82. The molecule has 0 radical (unpaired) electrons. The fourth-order valence-electron chi connectivity index (χ4n) is 2.58. The Labute approximate surface area is 164 Å². The Morgan fingerprint density at radius 3 is 2.28 bits per heavy atom. The van der Waals surface area contributed by atoms with Gasteiger partial charge in [-0.3, -0.25) is 20.2 Å². The second kappa shape index (κ2) is 7.96. The number of halogens is 3. The monoisotopic (exact) mass is 434 g/mol. The van der Waals surface area contributed by atoms with Gasteiger partial charge >= 0.3 is 6.18 Å². The van der Waals surface area contributed by atoms with Gasteiger partial charge in [0.15, 0.2) is 0 Å². The van der Waals surface area contributed by atoms with Crippen LogP contribution in [0.2, 0.25) is 0 Å². The van der Waals surface area contributed by atoms with Crippen LogP contribution in [0, 0.1) is 21.4 Å². The summed E-state index contributed by atoms with van der Waals surface area (Å²) in [5.41, 5.74) is -2.06. The lowest BCUT2D eigenvalue weighted by Crippen LogP contribution is -2.54. The van der Waals surface area contributed by atoms with Crippen LogP contribution in [-0.4, -0.2) is 49.0 Å². The van der Waals surface area contributed by atoms with Crippen LogP contribution in [0.15, 0.2) is 24.3 Å². The molecule has 1 aliphatic carbocycles. The lowest BCUT2D eigenvalue weighted by Gasteiger charge is -2.27. The van der Waals surface area contributed by atoms with Crippen LogP contribution in [-0.2, 0) is 14.6 Å². The zero-order chi connectivity index (χ0) is 22.0. The number of benzene rings is 1. The number of carbonyl (C=O) groups is 1. The topological polar surface area (TPSA) is 142 Å². The molecule has 1 saturated carbocycles. The zero-order valence-corrected chi connectivity index (χ0v) is 15.9. The van der Waals surface area contributed by atoms with Crippen LogP contribution in [0.25, 0.3) is 0 Å². The van der Waals surface area contributed by atoms with Gasteiger partial charge in [-0.05, 0) is 18.4 Å². The van der Waals surface area contributed by atoms with Crippen molar-refractivity contribution in [3.63, 3.8) is 0 Å². The summed E-state index contributed by atoms with van der Waals surface area (Å²) in [6.07, 6.45) is -3.54. The van der Waals surface area contributed by atoms with Crippen molar-refractivity contribution in [1.29, 1.82) is 5.26 Å². The van der Waals surface area contributed by atoms with Gasteiger partial charge in [0, 0.05) is 18.4 Å². The Bertz CT molecular complexity index is 937. The van der Waals surface area contributed by atoms with E-state index in [1.807, 2.05) is 11.4 Å². The fourth-order valence-corrected chi connectivity index (χ4v) is 3.44. The van der Waals surface area contributed by atoms with Gasteiger partial charge in [-0.1, -0.05) is 12.1 Å². The van der Waals surface area contributed by atoms with Crippen molar-refractivity contribution < 1.29 is 31.3 Å². The van der Waals surface area contributed by atoms with Crippen LogP contribution < -0.4 is 10.6 Å². The molecule has 1 aromatic carbocycles. The average Bonchev–Trinajstić information content (AvgIpc) is 3.36. The van der Waals surface area contributed by atoms with Crippen LogP contribution in [0.1, 0.15) is 24.4 Å². The molecule has 1 amide bonds. The Morgan fingerprint density at radius 1 is 1.34 bits per heavy atom. The first kappa shape index (κ1) is 22.6. The highest BCUT2D eigenvalue weighted by Gasteiger charge is 2.48. The smallest absolute Gasteiger partial charge is 0.336 e. The molecule has 0 aliphatic heterocycles. The lowest BCUT2D eigenvalue weighted by atomic mass is 10.0. The second-order valence-corrected chi connectivity index (χ2v) is 9.00. The largest absolute Gasteiger partial charge is 0.407 e. The van der Waals surface area contributed by atoms with Crippen molar-refractivity contribution in [2.24, 2.45) is 0 Å². The Morgan fingerprint density at radius 2 is 1.90 bits per heavy atom. The van der Waals surface area contributed by atoms with Crippen LogP contribution in [0.4, 0.5) is 18.9 Å². The van der Waals surface area contributed by atoms with Gasteiger partial charge < -0.3 is 5.32 Å². The number of hydrogen-bond acceptors (Lipinski definition) is 7. The van der Waals surface area contributed by atoms with E-state index in [2.05, 4.69) is 5.32 Å². The highest BCUT2D eigenvalue weighted by atomic mass is 32.2. The first-order valence-corrected chi connectivity index (χ1v) is 10.3. The van der Waals surface area contributed by atoms with E-state index in [9.17, 15) is 36.5 Å². The standard InChI is InChI=1S/C16H17F3N4O5S/c1-29(27,28)8-12(14(24)22-15(9-20)6-7-15)21-13(16(17,18)19)10-2-4-11(5-3-10)23(25)26/h2-5,12-13,21H,6-8H2,1H3,(H,22,24)/t12-,13-/m0/s1. The van der Waals surface area contributed by atoms with E-state index >= 15 is 0 Å². The minimum atomic E-state index is -4.93. The van der Waals surface area contributed by atoms with Crippen molar-refractivity contribution in [2.75, 3.05) is 12.0 Å². The number of non-ortho nitro benzene ring substituents is 1. The Kier molecular flexibility index (Phi) is 6.19. The number of nitro groups is 1. The van der Waals surface area contributed by atoms with Crippen LogP contribution in [0.3, 0.4) is 0 Å². The summed E-state index contributed by atoms with van der Waals surface area (Å²) < 4.78 is 64.1. The third-order valence-corrected chi connectivity index (χ3v) is 5.18. The van der Waals surface area contributed by atoms with Crippen molar-refractivity contribution in [2.45, 2.75) is 36.6 Å². The fraction of sp³-hybridized carbons (Fsp3) is 0.500. The minimum Gasteiger partial charge on any atom is -0.336 e. The van der Waals surface area contributed by atoms with E-state index in [-0.39, 0.29) is 0 Å². The molecule has 0 aromatic heterocycles. The van der Waals surface area contributed by atoms with Gasteiger partial charge in [0.05, 0.1) is 16.7 Å². The minimum absolute atomic E-state index is 0.311. The highest BCUT2D eigenvalue weighted by Crippen LogP contribution is 2.36. The summed E-state index contributed by atoms with van der Waals surface area (Å²) in [5.74, 6) is -1.98. The number of amides is 1. The molecule has 0 bridgehead atoms. The number of nitrogens with one attached hydrogen (secondary N) is 2. The summed E-state index contributed by atoms with van der Waals surface area (Å²) in [6.45, 7) is 0. The van der Waals surface area contributed by atoms with Crippen molar-refractivity contribution >= 4 is 21.4 Å². The van der Waals surface area contributed by atoms with Crippen molar-refractivity contribution in [1.82, 2.24) is 10.6 Å². The number of nitrogens with zero attached hydrogens (tertiary/aromatic N) is 2. The molecule has 1 aliphatic rings.